The van der Waals surface area contributed by atoms with Gasteiger partial charge >= 0.3 is 0 Å². The van der Waals surface area contributed by atoms with Gasteiger partial charge in [-0.1, -0.05) is 51.0 Å². The monoisotopic (exact) mass is 342 g/mol. The van der Waals surface area contributed by atoms with Crippen LogP contribution in [-0.4, -0.2) is 6.61 Å². The summed E-state index contributed by atoms with van der Waals surface area (Å²) in [6.45, 7) is 4.59. The Balaban J connectivity index is 2.06. The fourth-order valence-corrected chi connectivity index (χ4v) is 3.26. The van der Waals surface area contributed by atoms with Crippen molar-refractivity contribution in [2.75, 3.05) is 6.61 Å². The summed E-state index contributed by atoms with van der Waals surface area (Å²) in [4.78, 5) is 0. The molecule has 0 spiro atoms. The summed E-state index contributed by atoms with van der Waals surface area (Å²) in [5, 5.41) is 2.50. The Morgan fingerprint density at radius 2 is 1.36 bits per heavy atom. The van der Waals surface area contributed by atoms with Gasteiger partial charge in [-0.3, -0.25) is 0 Å². The van der Waals surface area contributed by atoms with E-state index < -0.39 is 0 Å². The maximum Gasteiger partial charge on any atom is 0.172 e. The van der Waals surface area contributed by atoms with Crippen molar-refractivity contribution in [3.05, 3.63) is 53.6 Å². The maximum absolute atomic E-state index is 14.9. The molecule has 0 unspecified atom stereocenters. The summed E-state index contributed by atoms with van der Waals surface area (Å²) in [5.74, 6) is -0.298. The predicted molar refractivity (Wildman–Crippen MR) is 100 cm³/mol. The highest BCUT2D eigenvalue weighted by Gasteiger charge is 2.14. The minimum Gasteiger partial charge on any atom is -0.491 e. The second-order valence-corrected chi connectivity index (χ2v) is 6.48. The van der Waals surface area contributed by atoms with E-state index >= 15 is 0 Å². The average Bonchev–Trinajstić information content (AvgIpc) is 2.63. The fourth-order valence-electron chi connectivity index (χ4n) is 3.26. The molecule has 0 heterocycles. The molecule has 0 atom stereocenters. The van der Waals surface area contributed by atoms with Gasteiger partial charge in [0.1, 0.15) is 5.82 Å². The molecule has 0 fully saturated rings. The number of ether oxygens (including phenoxy) is 1. The molecule has 0 aliphatic heterocycles. The van der Waals surface area contributed by atoms with Crippen molar-refractivity contribution in [1.29, 1.82) is 0 Å². The Hall–Kier alpha value is -2.16. The van der Waals surface area contributed by atoms with Crippen LogP contribution < -0.4 is 4.74 Å². The van der Waals surface area contributed by atoms with Crippen LogP contribution in [0.15, 0.2) is 36.4 Å². The Kier molecular flexibility index (Phi) is 5.52. The number of hydrogen-bond donors (Lipinski definition) is 0. The number of aryl methyl sites for hydroxylation is 1. The lowest BCUT2D eigenvalue weighted by molar-refractivity contribution is 0.302. The maximum atomic E-state index is 14.9. The topological polar surface area (TPSA) is 9.23 Å². The first-order valence-corrected chi connectivity index (χ1v) is 9.12. The van der Waals surface area contributed by atoms with Crippen LogP contribution in [0.1, 0.15) is 45.1 Å². The first kappa shape index (κ1) is 17.7. The highest BCUT2D eigenvalue weighted by molar-refractivity contribution is 6.08. The molecule has 0 saturated carbocycles. The van der Waals surface area contributed by atoms with Crippen LogP contribution in [0.5, 0.6) is 5.75 Å². The molecule has 0 N–H and O–H groups in total. The van der Waals surface area contributed by atoms with Gasteiger partial charge in [0, 0.05) is 10.8 Å². The molecule has 0 bridgehead atoms. The van der Waals surface area contributed by atoms with Gasteiger partial charge in [0.25, 0.3) is 0 Å². The van der Waals surface area contributed by atoms with Crippen molar-refractivity contribution in [2.24, 2.45) is 0 Å². The number of unbranched alkanes of at least 4 members (excludes halogenated alkanes) is 2. The minimum atomic E-state index is -0.375. The molecule has 3 aromatic rings. The summed E-state index contributed by atoms with van der Waals surface area (Å²) in [6, 6.07) is 10.6. The number of halogens is 2. The van der Waals surface area contributed by atoms with Crippen molar-refractivity contribution < 1.29 is 13.5 Å². The van der Waals surface area contributed by atoms with Crippen LogP contribution in [0.25, 0.3) is 21.5 Å². The zero-order valence-corrected chi connectivity index (χ0v) is 14.9. The Labute approximate surface area is 147 Å². The molecule has 0 aliphatic carbocycles. The Morgan fingerprint density at radius 1 is 0.720 bits per heavy atom. The SMILES string of the molecule is CCCCCc1ccc2c(ccc3c(F)c(OCCC)ccc32)c1F. The van der Waals surface area contributed by atoms with Gasteiger partial charge < -0.3 is 4.74 Å². The fraction of sp³-hybridized carbons (Fsp3) is 0.364. The summed E-state index contributed by atoms with van der Waals surface area (Å²) < 4.78 is 35.0. The molecule has 0 saturated heterocycles. The molecular weight excluding hydrogens is 318 g/mol. The molecule has 25 heavy (non-hydrogen) atoms. The molecule has 0 amide bonds. The molecule has 0 aromatic heterocycles. The largest absolute Gasteiger partial charge is 0.491 e. The third kappa shape index (κ3) is 3.46. The zero-order valence-electron chi connectivity index (χ0n) is 14.9. The summed E-state index contributed by atoms with van der Waals surface area (Å²) in [5.41, 5.74) is 0.740. The van der Waals surface area contributed by atoms with Gasteiger partial charge in [-0.05, 0) is 47.7 Å². The highest BCUT2D eigenvalue weighted by atomic mass is 19.1. The van der Waals surface area contributed by atoms with E-state index in [0.717, 1.165) is 48.4 Å². The van der Waals surface area contributed by atoms with Crippen LogP contribution in [0, 0.1) is 11.6 Å². The standard InChI is InChI=1S/C22H24F2O/c1-3-5-6-7-15-8-9-16-17-12-13-20(25-14-4-2)22(24)19(17)11-10-18(16)21(15)23/h8-13H,3-7,14H2,1-2H3. The summed E-state index contributed by atoms with van der Waals surface area (Å²) in [6.07, 6.45) is 4.76. The number of benzene rings is 3. The average molecular weight is 342 g/mol. The molecule has 0 aliphatic rings. The lowest BCUT2D eigenvalue weighted by atomic mass is 9.97. The third-order valence-electron chi connectivity index (χ3n) is 4.62. The molecular formula is C22H24F2O. The van der Waals surface area contributed by atoms with E-state index in [1.54, 1.807) is 18.2 Å². The van der Waals surface area contributed by atoms with Crippen molar-refractivity contribution in [3.63, 3.8) is 0 Å². The van der Waals surface area contributed by atoms with Crippen LogP contribution in [0.2, 0.25) is 0 Å². The van der Waals surface area contributed by atoms with Crippen molar-refractivity contribution in [1.82, 2.24) is 0 Å². The lowest BCUT2D eigenvalue weighted by Crippen LogP contribution is -1.98. The van der Waals surface area contributed by atoms with E-state index in [4.69, 9.17) is 4.74 Å². The second kappa shape index (κ2) is 7.81. The highest BCUT2D eigenvalue weighted by Crippen LogP contribution is 2.33. The lowest BCUT2D eigenvalue weighted by Gasteiger charge is -2.12. The molecule has 3 heteroatoms. The first-order chi connectivity index (χ1) is 12.2. The number of rotatable bonds is 7. The van der Waals surface area contributed by atoms with Crippen molar-refractivity contribution >= 4 is 21.5 Å². The normalized spacial score (nSPS) is 11.4. The molecule has 0 radical (unpaired) electrons. The van der Waals surface area contributed by atoms with Gasteiger partial charge in [-0.25, -0.2) is 8.78 Å². The van der Waals surface area contributed by atoms with Crippen LogP contribution >= 0.6 is 0 Å². The third-order valence-corrected chi connectivity index (χ3v) is 4.62. The summed E-state index contributed by atoms with van der Waals surface area (Å²) >= 11 is 0. The molecule has 3 rings (SSSR count). The van der Waals surface area contributed by atoms with Gasteiger partial charge in [-0.2, -0.15) is 0 Å². The quantitative estimate of drug-likeness (QED) is 0.339. The van der Waals surface area contributed by atoms with Gasteiger partial charge in [0.2, 0.25) is 0 Å². The second-order valence-electron chi connectivity index (χ2n) is 6.48. The molecule has 132 valence electrons. The predicted octanol–water partition coefficient (Wildman–Crippen LogP) is 6.79. The van der Waals surface area contributed by atoms with Gasteiger partial charge in [-0.15, -0.1) is 0 Å². The summed E-state index contributed by atoms with van der Waals surface area (Å²) in [7, 11) is 0. The molecule has 1 nitrogen and oxygen atoms in total. The Bertz CT molecular complexity index is 886. The van der Waals surface area contributed by atoms with E-state index in [9.17, 15) is 8.78 Å². The van der Waals surface area contributed by atoms with Crippen LogP contribution in [0.4, 0.5) is 8.78 Å². The van der Waals surface area contributed by atoms with E-state index in [-0.39, 0.29) is 17.4 Å². The van der Waals surface area contributed by atoms with Gasteiger partial charge in [0.05, 0.1) is 6.61 Å². The Morgan fingerprint density at radius 3 is 2.04 bits per heavy atom. The molecule has 3 aromatic carbocycles. The van der Waals surface area contributed by atoms with E-state index in [0.29, 0.717) is 17.4 Å². The van der Waals surface area contributed by atoms with Crippen molar-refractivity contribution in [2.45, 2.75) is 46.0 Å². The van der Waals surface area contributed by atoms with E-state index in [1.165, 1.54) is 0 Å². The van der Waals surface area contributed by atoms with Crippen molar-refractivity contribution in [3.8, 4) is 5.75 Å². The zero-order chi connectivity index (χ0) is 17.8. The van der Waals surface area contributed by atoms with E-state index in [1.807, 2.05) is 25.1 Å². The van der Waals surface area contributed by atoms with Crippen LogP contribution in [0.3, 0.4) is 0 Å². The number of fused-ring (bicyclic) bond motifs is 3. The van der Waals surface area contributed by atoms with Gasteiger partial charge in [0.15, 0.2) is 11.6 Å². The van der Waals surface area contributed by atoms with Crippen LogP contribution in [-0.2, 0) is 6.42 Å². The van der Waals surface area contributed by atoms with E-state index in [2.05, 4.69) is 6.92 Å². The number of hydrogen-bond acceptors (Lipinski definition) is 1. The first-order valence-electron chi connectivity index (χ1n) is 9.12. The minimum absolute atomic E-state index is 0.178. The smallest absolute Gasteiger partial charge is 0.172 e.